The van der Waals surface area contributed by atoms with E-state index in [9.17, 15) is 0 Å². The summed E-state index contributed by atoms with van der Waals surface area (Å²) >= 11 is 5.30. The highest BCUT2D eigenvalue weighted by atomic mass is 79.9. The Kier molecular flexibility index (Phi) is 4.21. The van der Waals surface area contributed by atoms with Gasteiger partial charge in [0.05, 0.1) is 15.2 Å². The summed E-state index contributed by atoms with van der Waals surface area (Å²) in [4.78, 5) is 1.36. The molecule has 0 fully saturated rings. The molecule has 0 atom stereocenters. The zero-order valence-corrected chi connectivity index (χ0v) is 13.9. The van der Waals surface area contributed by atoms with Gasteiger partial charge in [-0.15, -0.1) is 11.3 Å². The zero-order valence-electron chi connectivity index (χ0n) is 11.5. The van der Waals surface area contributed by atoms with E-state index in [1.807, 2.05) is 19.1 Å². The molecule has 0 spiro atoms. The van der Waals surface area contributed by atoms with Crippen LogP contribution in [0.2, 0.25) is 0 Å². The second kappa shape index (κ2) is 5.55. The predicted octanol–water partition coefficient (Wildman–Crippen LogP) is 4.79. The van der Waals surface area contributed by atoms with Gasteiger partial charge in [0.15, 0.2) is 0 Å². The quantitative estimate of drug-likeness (QED) is 0.786. The van der Waals surface area contributed by atoms with Crippen LogP contribution in [0.15, 0.2) is 34.1 Å². The maximum Gasteiger partial charge on any atom is 0.0701 e. The van der Waals surface area contributed by atoms with Crippen LogP contribution >= 0.6 is 27.3 Å². The predicted molar refractivity (Wildman–Crippen MR) is 89.1 cm³/mol. The maximum atomic E-state index is 6.03. The number of nitrogen functional groups attached to an aromatic ring is 1. The van der Waals surface area contributed by atoms with Crippen molar-refractivity contribution in [2.75, 3.05) is 17.6 Å². The highest BCUT2D eigenvalue weighted by Gasteiger charge is 2.22. The van der Waals surface area contributed by atoms with Crippen LogP contribution in [-0.4, -0.2) is 6.54 Å². The van der Waals surface area contributed by atoms with Crippen molar-refractivity contribution >= 4 is 38.6 Å². The van der Waals surface area contributed by atoms with E-state index in [1.165, 1.54) is 14.2 Å². The first-order valence-electron chi connectivity index (χ1n) is 6.24. The van der Waals surface area contributed by atoms with Gasteiger partial charge in [-0.2, -0.15) is 0 Å². The summed E-state index contributed by atoms with van der Waals surface area (Å²) in [5.74, 6) is 0. The van der Waals surface area contributed by atoms with Gasteiger partial charge in [0, 0.05) is 16.8 Å². The van der Waals surface area contributed by atoms with E-state index in [0.29, 0.717) is 0 Å². The second-order valence-corrected chi connectivity index (χ2v) is 7.89. The van der Waals surface area contributed by atoms with E-state index in [0.717, 1.165) is 17.9 Å². The molecule has 0 aliphatic heterocycles. The summed E-state index contributed by atoms with van der Waals surface area (Å²) in [5, 5.41) is 3.45. The van der Waals surface area contributed by atoms with Crippen molar-refractivity contribution in [1.29, 1.82) is 0 Å². The third-order valence-corrected chi connectivity index (χ3v) is 5.16. The molecule has 0 saturated carbocycles. The van der Waals surface area contributed by atoms with E-state index in [1.54, 1.807) is 11.3 Å². The molecule has 1 heterocycles. The standard InChI is InChI=1S/C15H19BrN2S/c1-10-4-5-12(11(17)8-10)18-9-15(2,3)13-6-7-14(16)19-13/h4-8,18H,9,17H2,1-3H3. The van der Waals surface area contributed by atoms with Gasteiger partial charge < -0.3 is 11.1 Å². The fourth-order valence-electron chi connectivity index (χ4n) is 1.92. The molecule has 102 valence electrons. The molecule has 0 unspecified atom stereocenters. The fourth-order valence-corrected chi connectivity index (χ4v) is 3.41. The number of aryl methyl sites for hydroxylation is 1. The second-order valence-electron chi connectivity index (χ2n) is 5.43. The molecule has 19 heavy (non-hydrogen) atoms. The average molecular weight is 339 g/mol. The number of nitrogens with one attached hydrogen (secondary N) is 1. The molecule has 3 N–H and O–H groups in total. The van der Waals surface area contributed by atoms with Gasteiger partial charge in [-0.3, -0.25) is 0 Å². The minimum absolute atomic E-state index is 0.0774. The molecule has 0 radical (unpaired) electrons. The molecule has 2 nitrogen and oxygen atoms in total. The van der Waals surface area contributed by atoms with Crippen LogP contribution in [0.25, 0.3) is 0 Å². The third kappa shape index (κ3) is 3.51. The molecule has 0 bridgehead atoms. The van der Waals surface area contributed by atoms with Crippen molar-refractivity contribution < 1.29 is 0 Å². The SMILES string of the molecule is Cc1ccc(NCC(C)(C)c2ccc(Br)s2)c(N)c1. The minimum Gasteiger partial charge on any atom is -0.397 e. The summed E-state index contributed by atoms with van der Waals surface area (Å²) < 4.78 is 1.17. The van der Waals surface area contributed by atoms with Gasteiger partial charge >= 0.3 is 0 Å². The molecule has 1 aromatic heterocycles. The smallest absolute Gasteiger partial charge is 0.0701 e. The molecule has 0 amide bonds. The topological polar surface area (TPSA) is 38.0 Å². The molecule has 0 saturated heterocycles. The highest BCUT2D eigenvalue weighted by Crippen LogP contribution is 2.33. The average Bonchev–Trinajstić information content (AvgIpc) is 2.75. The van der Waals surface area contributed by atoms with E-state index < -0.39 is 0 Å². The first-order valence-corrected chi connectivity index (χ1v) is 7.85. The van der Waals surface area contributed by atoms with Crippen molar-refractivity contribution in [1.82, 2.24) is 0 Å². The number of hydrogen-bond acceptors (Lipinski definition) is 3. The van der Waals surface area contributed by atoms with Crippen LogP contribution in [0.3, 0.4) is 0 Å². The Morgan fingerprint density at radius 3 is 2.58 bits per heavy atom. The van der Waals surface area contributed by atoms with Crippen molar-refractivity contribution in [3.05, 3.63) is 44.6 Å². The normalized spacial score (nSPS) is 11.6. The first-order chi connectivity index (χ1) is 8.88. The van der Waals surface area contributed by atoms with Gasteiger partial charge in [0.1, 0.15) is 0 Å². The van der Waals surface area contributed by atoms with Crippen molar-refractivity contribution in [3.63, 3.8) is 0 Å². The Labute approximate surface area is 127 Å². The summed E-state index contributed by atoms with van der Waals surface area (Å²) in [6.45, 7) is 7.38. The number of anilines is 2. The Morgan fingerprint density at radius 2 is 2.00 bits per heavy atom. The molecule has 2 aromatic rings. The summed E-state index contributed by atoms with van der Waals surface area (Å²) in [6, 6.07) is 10.4. The van der Waals surface area contributed by atoms with Crippen molar-refractivity contribution in [2.24, 2.45) is 0 Å². The molecule has 1 aromatic carbocycles. The van der Waals surface area contributed by atoms with E-state index >= 15 is 0 Å². The van der Waals surface area contributed by atoms with Crippen molar-refractivity contribution in [3.8, 4) is 0 Å². The lowest BCUT2D eigenvalue weighted by Crippen LogP contribution is -2.26. The van der Waals surface area contributed by atoms with Crippen LogP contribution in [0.5, 0.6) is 0 Å². The Balaban J connectivity index is 2.09. The molecular weight excluding hydrogens is 320 g/mol. The number of halogens is 1. The van der Waals surface area contributed by atoms with Crippen molar-refractivity contribution in [2.45, 2.75) is 26.2 Å². The van der Waals surface area contributed by atoms with Crippen LogP contribution in [0.4, 0.5) is 11.4 Å². The minimum atomic E-state index is 0.0774. The number of thiophene rings is 1. The van der Waals surface area contributed by atoms with Gasteiger partial charge in [0.2, 0.25) is 0 Å². The Hall–Kier alpha value is -1.000. The van der Waals surface area contributed by atoms with Crippen LogP contribution < -0.4 is 11.1 Å². The summed E-state index contributed by atoms with van der Waals surface area (Å²) in [7, 11) is 0. The number of nitrogens with two attached hydrogens (primary N) is 1. The largest absolute Gasteiger partial charge is 0.397 e. The van der Waals surface area contributed by atoms with E-state index in [4.69, 9.17) is 5.73 Å². The Morgan fingerprint density at radius 1 is 1.26 bits per heavy atom. The summed E-state index contributed by atoms with van der Waals surface area (Å²) in [5.41, 5.74) is 9.11. The highest BCUT2D eigenvalue weighted by molar-refractivity contribution is 9.11. The number of benzene rings is 1. The monoisotopic (exact) mass is 338 g/mol. The van der Waals surface area contributed by atoms with Crippen LogP contribution in [-0.2, 0) is 5.41 Å². The van der Waals surface area contributed by atoms with Gasteiger partial charge in [-0.05, 0) is 52.7 Å². The van der Waals surface area contributed by atoms with E-state index in [2.05, 4.69) is 53.3 Å². The molecule has 2 rings (SSSR count). The third-order valence-electron chi connectivity index (χ3n) is 3.17. The number of hydrogen-bond donors (Lipinski definition) is 2. The van der Waals surface area contributed by atoms with E-state index in [-0.39, 0.29) is 5.41 Å². The maximum absolute atomic E-state index is 6.03. The lowest BCUT2D eigenvalue weighted by molar-refractivity contribution is 0.569. The van der Waals surface area contributed by atoms with Crippen LogP contribution in [0.1, 0.15) is 24.3 Å². The number of rotatable bonds is 4. The molecule has 4 heteroatoms. The lowest BCUT2D eigenvalue weighted by atomic mass is 9.91. The molecular formula is C15H19BrN2S. The summed E-state index contributed by atoms with van der Waals surface area (Å²) in [6.07, 6.45) is 0. The lowest BCUT2D eigenvalue weighted by Gasteiger charge is -2.25. The van der Waals surface area contributed by atoms with Gasteiger partial charge in [0.25, 0.3) is 0 Å². The molecule has 0 aliphatic rings. The Bertz CT molecular complexity index is 575. The molecule has 0 aliphatic carbocycles. The first kappa shape index (κ1) is 14.4. The van der Waals surface area contributed by atoms with Gasteiger partial charge in [-0.1, -0.05) is 19.9 Å². The van der Waals surface area contributed by atoms with Crippen LogP contribution in [0, 0.1) is 6.92 Å². The zero-order chi connectivity index (χ0) is 14.0. The fraction of sp³-hybridized carbons (Fsp3) is 0.333. The van der Waals surface area contributed by atoms with Gasteiger partial charge in [-0.25, -0.2) is 0 Å².